The van der Waals surface area contributed by atoms with Gasteiger partial charge in [0.1, 0.15) is 11.5 Å². The summed E-state index contributed by atoms with van der Waals surface area (Å²) in [7, 11) is 3.30. The molecule has 2 aromatic carbocycles. The number of ether oxygens (including phenoxy) is 2. The Morgan fingerprint density at radius 3 is 2.65 bits per heavy atom. The lowest BCUT2D eigenvalue weighted by Crippen LogP contribution is -2.12. The number of amides is 1. The minimum Gasteiger partial charge on any atom is -0.497 e. The van der Waals surface area contributed by atoms with Gasteiger partial charge in [0.15, 0.2) is 5.82 Å². The highest BCUT2D eigenvalue weighted by atomic mass is 16.5. The van der Waals surface area contributed by atoms with Crippen molar-refractivity contribution in [2.24, 2.45) is 0 Å². The van der Waals surface area contributed by atoms with Gasteiger partial charge in [-0.25, -0.2) is 0 Å². The molecule has 4 rings (SSSR count). The van der Waals surface area contributed by atoms with Crippen LogP contribution < -0.4 is 14.8 Å². The molecule has 2 aromatic heterocycles. The van der Waals surface area contributed by atoms with Crippen molar-refractivity contribution in [3.63, 3.8) is 0 Å². The average Bonchev–Trinajstić information content (AvgIpc) is 3.41. The summed E-state index contributed by atoms with van der Waals surface area (Å²) in [6.07, 6.45) is 0.997. The maximum atomic E-state index is 12.4. The van der Waals surface area contributed by atoms with Crippen molar-refractivity contribution < 1.29 is 14.3 Å². The smallest absolute Gasteiger partial charge is 0.225 e. The van der Waals surface area contributed by atoms with Gasteiger partial charge in [-0.05, 0) is 55.3 Å². The highest BCUT2D eigenvalue weighted by Crippen LogP contribution is 2.30. The van der Waals surface area contributed by atoms with Crippen LogP contribution in [0.25, 0.3) is 22.3 Å². The highest BCUT2D eigenvalue weighted by Gasteiger charge is 2.14. The van der Waals surface area contributed by atoms with E-state index >= 15 is 0 Å². The third kappa shape index (κ3) is 4.40. The zero-order valence-electron chi connectivity index (χ0n) is 17.9. The van der Waals surface area contributed by atoms with Gasteiger partial charge in [-0.3, -0.25) is 9.89 Å². The quantitative estimate of drug-likeness (QED) is 0.437. The molecule has 0 aliphatic rings. The second kappa shape index (κ2) is 8.95. The predicted molar refractivity (Wildman–Crippen MR) is 122 cm³/mol. The minimum absolute atomic E-state index is 0.0818. The Bertz CT molecular complexity index is 1210. The van der Waals surface area contributed by atoms with Crippen molar-refractivity contribution in [3.8, 4) is 22.9 Å². The molecule has 0 saturated heterocycles. The molecule has 1 amide bonds. The summed E-state index contributed by atoms with van der Waals surface area (Å²) in [4.78, 5) is 12.4. The van der Waals surface area contributed by atoms with E-state index in [2.05, 4.69) is 39.1 Å². The van der Waals surface area contributed by atoms with Crippen LogP contribution in [0.1, 0.15) is 18.9 Å². The van der Waals surface area contributed by atoms with Crippen LogP contribution in [0.3, 0.4) is 0 Å². The topological polar surface area (TPSA) is 81.2 Å². The molecular formula is C24H26N4O3. The van der Waals surface area contributed by atoms with E-state index in [0.29, 0.717) is 18.7 Å². The number of H-pyrrole nitrogens is 1. The van der Waals surface area contributed by atoms with Crippen molar-refractivity contribution in [1.29, 1.82) is 0 Å². The number of nitrogens with one attached hydrogen (secondary N) is 2. The van der Waals surface area contributed by atoms with E-state index in [4.69, 9.17) is 9.47 Å². The molecule has 2 N–H and O–H groups in total. The molecule has 31 heavy (non-hydrogen) atoms. The van der Waals surface area contributed by atoms with Crippen LogP contribution in [0, 0.1) is 0 Å². The standard InChI is InChI=1S/C24H26N4O3/c1-4-28-21-10-9-19(31-3)13-17(21)14-22(28)20-15-23(27-26-20)25-24(29)11-8-16-6-5-7-18(12-16)30-2/h5-7,9-10,12-15H,4,8,11H2,1-3H3,(H2,25,26,27,29). The van der Waals surface area contributed by atoms with Crippen molar-refractivity contribution in [3.05, 3.63) is 60.2 Å². The maximum Gasteiger partial charge on any atom is 0.225 e. The fourth-order valence-corrected chi connectivity index (χ4v) is 3.75. The monoisotopic (exact) mass is 418 g/mol. The van der Waals surface area contributed by atoms with E-state index in [9.17, 15) is 4.79 Å². The number of fused-ring (bicyclic) bond motifs is 1. The first-order valence-electron chi connectivity index (χ1n) is 10.3. The number of aromatic amines is 1. The molecule has 7 nitrogen and oxygen atoms in total. The van der Waals surface area contributed by atoms with E-state index in [-0.39, 0.29) is 5.91 Å². The summed E-state index contributed by atoms with van der Waals surface area (Å²) in [6.45, 7) is 2.91. The molecule has 0 spiro atoms. The molecular weight excluding hydrogens is 392 g/mol. The van der Waals surface area contributed by atoms with Crippen LogP contribution in [-0.4, -0.2) is 34.9 Å². The number of hydrogen-bond donors (Lipinski definition) is 2. The Morgan fingerprint density at radius 1 is 1.06 bits per heavy atom. The molecule has 160 valence electrons. The van der Waals surface area contributed by atoms with Crippen LogP contribution >= 0.6 is 0 Å². The van der Waals surface area contributed by atoms with Crippen LogP contribution in [0.2, 0.25) is 0 Å². The average molecular weight is 418 g/mol. The Balaban J connectivity index is 1.47. The number of aryl methyl sites for hydroxylation is 2. The molecule has 0 fully saturated rings. The summed E-state index contributed by atoms with van der Waals surface area (Å²) in [5.74, 6) is 2.04. The predicted octanol–water partition coefficient (Wildman–Crippen LogP) is 4.64. The van der Waals surface area contributed by atoms with E-state index < -0.39 is 0 Å². The molecule has 0 bridgehead atoms. The van der Waals surface area contributed by atoms with Crippen LogP contribution in [-0.2, 0) is 17.8 Å². The largest absolute Gasteiger partial charge is 0.497 e. The fourth-order valence-electron chi connectivity index (χ4n) is 3.75. The molecule has 0 radical (unpaired) electrons. The van der Waals surface area contributed by atoms with E-state index in [0.717, 1.165) is 45.9 Å². The summed E-state index contributed by atoms with van der Waals surface area (Å²) >= 11 is 0. The second-order valence-electron chi connectivity index (χ2n) is 7.27. The van der Waals surface area contributed by atoms with Gasteiger partial charge in [-0.2, -0.15) is 5.10 Å². The second-order valence-corrected chi connectivity index (χ2v) is 7.27. The van der Waals surface area contributed by atoms with Gasteiger partial charge >= 0.3 is 0 Å². The van der Waals surface area contributed by atoms with Gasteiger partial charge in [0.2, 0.25) is 5.91 Å². The number of rotatable bonds is 8. The summed E-state index contributed by atoms with van der Waals surface area (Å²) in [5.41, 5.74) is 4.03. The van der Waals surface area contributed by atoms with Crippen LogP contribution in [0.15, 0.2) is 54.6 Å². The number of nitrogens with zero attached hydrogens (tertiary/aromatic N) is 2. The molecule has 0 unspecified atom stereocenters. The lowest BCUT2D eigenvalue weighted by atomic mass is 10.1. The Labute approximate surface area is 181 Å². The number of methoxy groups -OCH3 is 2. The highest BCUT2D eigenvalue weighted by molar-refractivity contribution is 5.91. The lowest BCUT2D eigenvalue weighted by Gasteiger charge is -2.06. The first-order valence-corrected chi connectivity index (χ1v) is 10.3. The van der Waals surface area contributed by atoms with Gasteiger partial charge < -0.3 is 19.4 Å². The maximum absolute atomic E-state index is 12.4. The van der Waals surface area contributed by atoms with Crippen LogP contribution in [0.5, 0.6) is 11.5 Å². The Morgan fingerprint density at radius 2 is 1.87 bits per heavy atom. The molecule has 0 aliphatic heterocycles. The Kier molecular flexibility index (Phi) is 5.93. The van der Waals surface area contributed by atoms with Gasteiger partial charge in [-0.15, -0.1) is 0 Å². The minimum atomic E-state index is -0.0818. The number of hydrogen-bond acceptors (Lipinski definition) is 4. The zero-order chi connectivity index (χ0) is 21.8. The van der Waals surface area contributed by atoms with Crippen molar-refractivity contribution >= 4 is 22.6 Å². The fraction of sp³-hybridized carbons (Fsp3) is 0.250. The number of anilines is 1. The molecule has 0 atom stereocenters. The van der Waals surface area contributed by atoms with Crippen molar-refractivity contribution in [2.75, 3.05) is 19.5 Å². The SMILES string of the molecule is CCn1c(-c2cc(NC(=O)CCc3cccc(OC)c3)n[nH]2)cc2cc(OC)ccc21. The molecule has 0 saturated carbocycles. The van der Waals surface area contributed by atoms with Crippen molar-refractivity contribution in [2.45, 2.75) is 26.3 Å². The van der Waals surface area contributed by atoms with E-state index in [1.807, 2.05) is 42.5 Å². The number of aromatic nitrogens is 3. The van der Waals surface area contributed by atoms with E-state index in [1.165, 1.54) is 0 Å². The Hall–Kier alpha value is -3.74. The number of carbonyl (C=O) groups excluding carboxylic acids is 1. The van der Waals surface area contributed by atoms with Gasteiger partial charge in [0.05, 0.1) is 25.6 Å². The zero-order valence-corrected chi connectivity index (χ0v) is 17.9. The first kappa shape index (κ1) is 20.5. The van der Waals surface area contributed by atoms with Crippen molar-refractivity contribution in [1.82, 2.24) is 14.8 Å². The van der Waals surface area contributed by atoms with Crippen LogP contribution in [0.4, 0.5) is 5.82 Å². The lowest BCUT2D eigenvalue weighted by molar-refractivity contribution is -0.116. The molecule has 7 heteroatoms. The molecule has 4 aromatic rings. The summed E-state index contributed by atoms with van der Waals surface area (Å²) in [5, 5.41) is 11.3. The third-order valence-corrected chi connectivity index (χ3v) is 5.32. The number of benzene rings is 2. The van der Waals surface area contributed by atoms with Gasteiger partial charge in [-0.1, -0.05) is 12.1 Å². The third-order valence-electron chi connectivity index (χ3n) is 5.32. The normalized spacial score (nSPS) is 10.9. The van der Waals surface area contributed by atoms with Gasteiger partial charge in [0.25, 0.3) is 0 Å². The van der Waals surface area contributed by atoms with Gasteiger partial charge in [0, 0.05) is 29.9 Å². The number of carbonyl (C=O) groups is 1. The summed E-state index contributed by atoms with van der Waals surface area (Å²) in [6, 6.07) is 17.7. The molecule has 2 heterocycles. The molecule has 0 aliphatic carbocycles. The van der Waals surface area contributed by atoms with E-state index in [1.54, 1.807) is 14.2 Å². The first-order chi connectivity index (χ1) is 15.1. The summed E-state index contributed by atoms with van der Waals surface area (Å²) < 4.78 is 12.8.